The third-order valence-corrected chi connectivity index (χ3v) is 10.0. The molecule has 27 heteroatoms. The third kappa shape index (κ3) is 34.5. The lowest BCUT2D eigenvalue weighted by Gasteiger charge is -2.27. The van der Waals surface area contributed by atoms with Gasteiger partial charge in [-0.25, -0.2) is 33.5 Å². The lowest BCUT2D eigenvalue weighted by Crippen LogP contribution is -2.58. The van der Waals surface area contributed by atoms with Crippen LogP contribution in [0.5, 0.6) is 0 Å². The van der Waals surface area contributed by atoms with Crippen molar-refractivity contribution >= 4 is 53.8 Å². The van der Waals surface area contributed by atoms with Gasteiger partial charge in [-0.15, -0.1) is 0 Å². The number of rotatable bonds is 29. The van der Waals surface area contributed by atoms with E-state index in [1.807, 2.05) is 0 Å². The van der Waals surface area contributed by atoms with Crippen molar-refractivity contribution in [2.75, 3.05) is 26.7 Å². The summed E-state index contributed by atoms with van der Waals surface area (Å²) in [5.41, 5.74) is 3.06. The number of carbonyl (C=O) groups is 9. The first-order valence-electron chi connectivity index (χ1n) is 26.8. The molecule has 13 N–H and O–H groups in total. The highest BCUT2D eigenvalue weighted by Gasteiger charge is 2.38. The number of nitrogens with one attached hydrogen (secondary N) is 6. The second kappa shape index (κ2) is 38.4. The predicted octanol–water partition coefficient (Wildman–Crippen LogP) is 2.20. The summed E-state index contributed by atoms with van der Waals surface area (Å²) in [5.74, 6) is -6.56. The van der Waals surface area contributed by atoms with Gasteiger partial charge in [0.2, 0.25) is 17.7 Å². The summed E-state index contributed by atoms with van der Waals surface area (Å²) < 4.78 is 22.0. The number of ether oxygens (including phenoxy) is 4. The Bertz CT molecular complexity index is 2020. The molecule has 79 heavy (non-hydrogen) atoms. The number of unbranched alkanes of at least 4 members (excludes halogenated alkanes) is 3. The van der Waals surface area contributed by atoms with Crippen LogP contribution in [0.4, 0.5) is 14.4 Å². The number of nitrogens with zero attached hydrogens (tertiary/aromatic N) is 2. The van der Waals surface area contributed by atoms with Crippen LogP contribution in [-0.4, -0.2) is 181 Å². The first-order chi connectivity index (χ1) is 36.6. The van der Waals surface area contributed by atoms with Gasteiger partial charge < -0.3 is 82.1 Å². The number of alkyl carbamates (subject to hydrolysis) is 2. The molecule has 0 aromatic carbocycles. The van der Waals surface area contributed by atoms with Gasteiger partial charge in [0.25, 0.3) is 5.91 Å². The van der Waals surface area contributed by atoms with Crippen LogP contribution in [0.3, 0.4) is 0 Å². The molecule has 0 aliphatic rings. The standard InChI is InChI=1S/C46H79N9O18.2C3H8/c1-44(2,3)71-41(67)49-22-16-13-17-27(35(60)52-29(40(66)70-10)19-11-14-20-47)51-37(62)30(23-26-24-55(25-50-26)43(69)73-46(7,8)9)53-36(61)28(54-42(68)72-45(4,5)6)18-12-15-21-48-38(63)33(58)31(56)32(57)34(59)39(64)65;2*1-3-2/h24-25,27-34,56-59H,11-23,47H2,1-10H3,(H,48,63)(H,49,67)(H,51,62)(H,52,60)(H,53,61)(H,54,68)(H,64,65);2*3H2,1-2H3/t27?,28?,29?,30?,31-,32+,33+,34-;;/m0../s1. The second-order valence-corrected chi connectivity index (χ2v) is 21.5. The van der Waals surface area contributed by atoms with Gasteiger partial charge in [0.05, 0.1) is 12.8 Å². The lowest BCUT2D eigenvalue weighted by atomic mass is 10.0. The topological polar surface area (TPSA) is 408 Å². The number of hydrogen-bond donors (Lipinski definition) is 12. The summed E-state index contributed by atoms with van der Waals surface area (Å²) in [6.45, 7) is 23.5. The average Bonchev–Trinajstić information content (AvgIpc) is 3.81. The number of aliphatic carboxylic acids is 1. The Hall–Kier alpha value is -6.16. The number of nitrogens with two attached hydrogens (primary N) is 1. The molecular formula is C52H95N9O18. The Morgan fingerprint density at radius 1 is 0.570 bits per heavy atom. The lowest BCUT2D eigenvalue weighted by molar-refractivity contribution is -0.166. The van der Waals surface area contributed by atoms with E-state index in [0.29, 0.717) is 25.8 Å². The van der Waals surface area contributed by atoms with E-state index in [0.717, 1.165) is 18.0 Å². The van der Waals surface area contributed by atoms with Crippen LogP contribution in [0.2, 0.25) is 0 Å². The highest BCUT2D eigenvalue weighted by molar-refractivity contribution is 5.95. The fourth-order valence-corrected chi connectivity index (χ4v) is 6.43. The number of carboxylic acid groups (broad SMARTS) is 1. The molecule has 6 amide bonds. The maximum Gasteiger partial charge on any atom is 0.419 e. The second-order valence-electron chi connectivity index (χ2n) is 21.5. The maximum absolute atomic E-state index is 14.5. The van der Waals surface area contributed by atoms with E-state index in [1.165, 1.54) is 19.0 Å². The van der Waals surface area contributed by atoms with E-state index in [9.17, 15) is 63.6 Å². The molecule has 1 rings (SSSR count). The summed E-state index contributed by atoms with van der Waals surface area (Å²) in [6.07, 6.45) is -6.08. The largest absolute Gasteiger partial charge is 0.479 e. The van der Waals surface area contributed by atoms with Gasteiger partial charge in [0.1, 0.15) is 59.5 Å². The summed E-state index contributed by atoms with van der Waals surface area (Å²) in [4.78, 5) is 121. The molecule has 456 valence electrons. The normalized spacial score (nSPS) is 14.4. The number of esters is 1. The highest BCUT2D eigenvalue weighted by Crippen LogP contribution is 2.14. The van der Waals surface area contributed by atoms with Gasteiger partial charge in [0.15, 0.2) is 12.2 Å². The van der Waals surface area contributed by atoms with Crippen molar-refractivity contribution in [3.63, 3.8) is 0 Å². The average molecular weight is 1130 g/mol. The molecule has 1 heterocycles. The summed E-state index contributed by atoms with van der Waals surface area (Å²) in [7, 11) is 1.15. The minimum absolute atomic E-state index is 0.0432. The van der Waals surface area contributed by atoms with Crippen LogP contribution < -0.4 is 37.6 Å². The van der Waals surface area contributed by atoms with Crippen LogP contribution >= 0.6 is 0 Å². The highest BCUT2D eigenvalue weighted by atomic mass is 16.6. The minimum Gasteiger partial charge on any atom is -0.479 e. The SMILES string of the molecule is CCC.CCC.COC(=O)C(CCCCN)NC(=O)C(CCCCNC(=O)OC(C)(C)C)NC(=O)C(Cc1cn(C(=O)OC(C)(C)C)cn1)NC(=O)C(CCCCNC(=O)[C@H](O)[C@@H](O)[C@@H](O)[C@H](O)C(=O)O)NC(=O)OC(C)(C)C. The van der Waals surface area contributed by atoms with Gasteiger partial charge in [-0.3, -0.25) is 19.2 Å². The van der Waals surface area contributed by atoms with E-state index >= 15 is 0 Å². The minimum atomic E-state index is -2.51. The van der Waals surface area contributed by atoms with Gasteiger partial charge in [-0.05, 0) is 127 Å². The Morgan fingerprint density at radius 3 is 1.47 bits per heavy atom. The number of aliphatic hydroxyl groups excluding tert-OH is 4. The number of carbonyl (C=O) groups excluding carboxylic acids is 8. The van der Waals surface area contributed by atoms with Gasteiger partial charge in [0, 0.05) is 25.7 Å². The Morgan fingerprint density at radius 2 is 0.987 bits per heavy atom. The molecule has 0 saturated carbocycles. The number of hydrogen-bond acceptors (Lipinski definition) is 19. The molecule has 0 fully saturated rings. The van der Waals surface area contributed by atoms with E-state index in [4.69, 9.17) is 29.8 Å². The van der Waals surface area contributed by atoms with Crippen LogP contribution in [-0.2, 0) is 54.1 Å². The van der Waals surface area contributed by atoms with E-state index in [2.05, 4.69) is 64.6 Å². The molecule has 0 spiro atoms. The molecule has 0 radical (unpaired) electrons. The Labute approximate surface area is 464 Å². The molecule has 1 aromatic heterocycles. The first kappa shape index (κ1) is 74.9. The van der Waals surface area contributed by atoms with Crippen molar-refractivity contribution in [1.29, 1.82) is 0 Å². The van der Waals surface area contributed by atoms with Crippen molar-refractivity contribution < 1.29 is 87.6 Å². The molecule has 0 aliphatic carbocycles. The fourth-order valence-electron chi connectivity index (χ4n) is 6.43. The number of carboxylic acids is 1. The Kier molecular flexibility index (Phi) is 36.5. The summed E-state index contributed by atoms with van der Waals surface area (Å²) >= 11 is 0. The van der Waals surface area contributed by atoms with Crippen LogP contribution in [0.25, 0.3) is 0 Å². The Balaban J connectivity index is 0. The van der Waals surface area contributed by atoms with Crippen molar-refractivity contribution in [1.82, 2.24) is 41.5 Å². The van der Waals surface area contributed by atoms with Crippen LogP contribution in [0, 0.1) is 0 Å². The first-order valence-corrected chi connectivity index (χ1v) is 26.8. The molecule has 8 atom stereocenters. The molecule has 0 saturated heterocycles. The zero-order valence-corrected chi connectivity index (χ0v) is 48.9. The zero-order chi connectivity index (χ0) is 61.3. The van der Waals surface area contributed by atoms with Crippen molar-refractivity contribution in [3.05, 3.63) is 18.2 Å². The number of aliphatic hydroxyl groups is 4. The van der Waals surface area contributed by atoms with Crippen molar-refractivity contribution in [2.24, 2.45) is 5.73 Å². The zero-order valence-electron chi connectivity index (χ0n) is 48.9. The number of imidazole rings is 1. The summed E-state index contributed by atoms with van der Waals surface area (Å²) in [5, 5.41) is 63.6. The number of aromatic nitrogens is 2. The molecule has 4 unspecified atom stereocenters. The molecule has 27 nitrogen and oxygen atoms in total. The monoisotopic (exact) mass is 1130 g/mol. The quantitative estimate of drug-likeness (QED) is 0.0311. The smallest absolute Gasteiger partial charge is 0.419 e. The van der Waals surface area contributed by atoms with E-state index in [-0.39, 0.29) is 57.3 Å². The summed E-state index contributed by atoms with van der Waals surface area (Å²) in [6, 6.07) is -5.50. The molecule has 1 aromatic rings. The van der Waals surface area contributed by atoms with E-state index in [1.54, 1.807) is 62.3 Å². The molecule has 0 bridgehead atoms. The molecular weight excluding hydrogens is 1040 g/mol. The number of methoxy groups -OCH3 is 1. The van der Waals surface area contributed by atoms with Crippen LogP contribution in [0.1, 0.15) is 166 Å². The van der Waals surface area contributed by atoms with Crippen molar-refractivity contribution in [3.8, 4) is 0 Å². The van der Waals surface area contributed by atoms with Crippen LogP contribution in [0.15, 0.2) is 12.5 Å². The molecule has 0 aliphatic heterocycles. The van der Waals surface area contributed by atoms with Crippen molar-refractivity contribution in [2.45, 2.75) is 232 Å². The van der Waals surface area contributed by atoms with Gasteiger partial charge in [-0.1, -0.05) is 40.5 Å². The fraction of sp³-hybridized carbons (Fsp3) is 0.769. The third-order valence-electron chi connectivity index (χ3n) is 10.0. The number of amides is 6. The maximum atomic E-state index is 14.5. The predicted molar refractivity (Wildman–Crippen MR) is 290 cm³/mol. The van der Waals surface area contributed by atoms with E-state index < -0.39 is 126 Å². The van der Waals surface area contributed by atoms with Gasteiger partial charge >= 0.3 is 30.2 Å². The van der Waals surface area contributed by atoms with Gasteiger partial charge in [-0.2, -0.15) is 0 Å².